The van der Waals surface area contributed by atoms with E-state index in [1.54, 1.807) is 0 Å². The zero-order valence-electron chi connectivity index (χ0n) is 8.41. The minimum atomic E-state index is -3.77. The first-order valence-electron chi connectivity index (χ1n) is 4.30. The second kappa shape index (κ2) is 7.17. The van der Waals surface area contributed by atoms with Crippen LogP contribution in [0, 0.1) is 0 Å². The van der Waals surface area contributed by atoms with Crippen molar-refractivity contribution >= 4 is 33.8 Å². The molecule has 9 heteroatoms. The summed E-state index contributed by atoms with van der Waals surface area (Å²) in [7, 11) is -3.77. The highest BCUT2D eigenvalue weighted by Crippen LogP contribution is 2.21. The van der Waals surface area contributed by atoms with Crippen LogP contribution in [-0.4, -0.2) is 26.2 Å². The van der Waals surface area contributed by atoms with Gasteiger partial charge in [0.05, 0.1) is 23.5 Å². The highest BCUT2D eigenvalue weighted by molar-refractivity contribution is 7.94. The minimum absolute atomic E-state index is 0.0110. The molecule has 0 aliphatic rings. The second-order valence-electron chi connectivity index (χ2n) is 2.66. The minimum Gasteiger partial charge on any atom is -0.265 e. The molecule has 1 rings (SSSR count). The molecule has 1 aromatic carbocycles. The van der Waals surface area contributed by atoms with E-state index in [0.717, 1.165) is 12.0 Å². The molecule has 0 bridgehead atoms. The van der Waals surface area contributed by atoms with Gasteiger partial charge in [0, 0.05) is 10.8 Å². The average molecular weight is 301 g/mol. The number of rotatable bonds is 7. The van der Waals surface area contributed by atoms with Gasteiger partial charge < -0.3 is 0 Å². The lowest BCUT2D eigenvalue weighted by Gasteiger charge is -2.04. The van der Waals surface area contributed by atoms with Crippen molar-refractivity contribution in [3.63, 3.8) is 0 Å². The van der Waals surface area contributed by atoms with Gasteiger partial charge in [-0.3, -0.25) is 4.18 Å². The van der Waals surface area contributed by atoms with E-state index >= 15 is 0 Å². The van der Waals surface area contributed by atoms with Gasteiger partial charge in [0.15, 0.2) is 0 Å². The Labute approximate surface area is 108 Å². The van der Waals surface area contributed by atoms with Crippen LogP contribution in [0.1, 0.15) is 0 Å². The standard InChI is InChI=1S/C8H9ClO6S2/c9-5-6-13-17(11,12)8-3-1-7(2-4-8)16-15-14-10/h1-4,10H,5-6H2. The molecular weight excluding hydrogens is 292 g/mol. The molecule has 17 heavy (non-hydrogen) atoms. The zero-order valence-corrected chi connectivity index (χ0v) is 10.8. The van der Waals surface area contributed by atoms with Gasteiger partial charge >= 0.3 is 0 Å². The van der Waals surface area contributed by atoms with Crippen molar-refractivity contribution in [3.05, 3.63) is 24.3 Å². The molecule has 1 aromatic rings. The molecule has 0 fully saturated rings. The average Bonchev–Trinajstić information content (AvgIpc) is 2.34. The van der Waals surface area contributed by atoms with Gasteiger partial charge in [-0.2, -0.15) is 8.42 Å². The Kier molecular flexibility index (Phi) is 6.20. The van der Waals surface area contributed by atoms with Crippen molar-refractivity contribution in [3.8, 4) is 0 Å². The first-order valence-corrected chi connectivity index (χ1v) is 6.99. The van der Waals surface area contributed by atoms with Crippen molar-refractivity contribution in [1.82, 2.24) is 0 Å². The van der Waals surface area contributed by atoms with Gasteiger partial charge in [-0.25, -0.2) is 5.26 Å². The van der Waals surface area contributed by atoms with E-state index in [1.807, 2.05) is 0 Å². The summed E-state index contributed by atoms with van der Waals surface area (Å²) < 4.78 is 31.9. The summed E-state index contributed by atoms with van der Waals surface area (Å²) in [6.45, 7) is -0.0815. The molecule has 0 aliphatic heterocycles. The maximum absolute atomic E-state index is 11.5. The molecule has 96 valence electrons. The van der Waals surface area contributed by atoms with Crippen LogP contribution >= 0.6 is 23.6 Å². The van der Waals surface area contributed by atoms with Crippen molar-refractivity contribution in [2.45, 2.75) is 9.79 Å². The Morgan fingerprint density at radius 1 is 1.29 bits per heavy atom. The van der Waals surface area contributed by atoms with Crippen molar-refractivity contribution in [2.24, 2.45) is 0 Å². The molecule has 0 atom stereocenters. The largest absolute Gasteiger partial charge is 0.297 e. The first kappa shape index (κ1) is 14.7. The van der Waals surface area contributed by atoms with E-state index in [-0.39, 0.29) is 17.4 Å². The van der Waals surface area contributed by atoms with E-state index in [4.69, 9.17) is 16.9 Å². The highest BCUT2D eigenvalue weighted by Gasteiger charge is 2.14. The van der Waals surface area contributed by atoms with Gasteiger partial charge in [-0.1, -0.05) is 5.04 Å². The molecule has 0 spiro atoms. The molecule has 0 aliphatic carbocycles. The quantitative estimate of drug-likeness (QED) is 0.271. The van der Waals surface area contributed by atoms with Crippen LogP contribution in [0.3, 0.4) is 0 Å². The van der Waals surface area contributed by atoms with E-state index in [1.165, 1.54) is 24.3 Å². The summed E-state index contributed by atoms with van der Waals surface area (Å²) >= 11 is 6.06. The topological polar surface area (TPSA) is 82.1 Å². The molecule has 0 aromatic heterocycles. The highest BCUT2D eigenvalue weighted by atomic mass is 35.5. The third-order valence-corrected chi connectivity index (χ3v) is 3.66. The Morgan fingerprint density at radius 3 is 2.47 bits per heavy atom. The first-order chi connectivity index (χ1) is 8.10. The molecule has 0 amide bonds. The number of hydrogen-bond donors (Lipinski definition) is 1. The molecule has 0 unspecified atom stereocenters. The van der Waals surface area contributed by atoms with Gasteiger partial charge in [-0.05, 0) is 24.3 Å². The summed E-state index contributed by atoms with van der Waals surface area (Å²) in [5.74, 6) is 0.0921. The zero-order chi connectivity index (χ0) is 12.7. The number of halogens is 1. The normalized spacial score (nSPS) is 11.6. The molecular formula is C8H9ClO6S2. The van der Waals surface area contributed by atoms with Gasteiger partial charge in [0.1, 0.15) is 0 Å². The third-order valence-electron chi connectivity index (χ3n) is 1.59. The van der Waals surface area contributed by atoms with Crippen LogP contribution in [0.2, 0.25) is 0 Å². The Morgan fingerprint density at radius 2 is 1.94 bits per heavy atom. The van der Waals surface area contributed by atoms with Crippen LogP contribution in [-0.2, 0) is 23.7 Å². The fourth-order valence-electron chi connectivity index (χ4n) is 0.926. The monoisotopic (exact) mass is 300 g/mol. The van der Waals surface area contributed by atoms with E-state index in [0.29, 0.717) is 4.90 Å². The fraction of sp³-hybridized carbons (Fsp3) is 0.250. The second-order valence-corrected chi connectivity index (χ2v) is 5.43. The number of alkyl halides is 1. The lowest BCUT2D eigenvalue weighted by atomic mass is 10.4. The van der Waals surface area contributed by atoms with Crippen LogP contribution in [0.25, 0.3) is 0 Å². The smallest absolute Gasteiger partial charge is 0.265 e. The maximum Gasteiger partial charge on any atom is 0.297 e. The molecule has 0 saturated heterocycles. The molecule has 0 heterocycles. The lowest BCUT2D eigenvalue weighted by molar-refractivity contribution is -0.432. The Bertz CT molecular complexity index is 432. The Balaban J connectivity index is 2.73. The van der Waals surface area contributed by atoms with Crippen molar-refractivity contribution in [1.29, 1.82) is 0 Å². The van der Waals surface area contributed by atoms with Crippen molar-refractivity contribution < 1.29 is 27.2 Å². The number of hydrogen-bond acceptors (Lipinski definition) is 7. The van der Waals surface area contributed by atoms with Gasteiger partial charge in [0.2, 0.25) is 0 Å². The maximum atomic E-state index is 11.5. The lowest BCUT2D eigenvalue weighted by Crippen LogP contribution is -2.08. The van der Waals surface area contributed by atoms with Crippen LogP contribution < -0.4 is 0 Å². The molecule has 0 saturated carbocycles. The van der Waals surface area contributed by atoms with Gasteiger partial charge in [0.25, 0.3) is 10.1 Å². The molecule has 6 nitrogen and oxygen atoms in total. The van der Waals surface area contributed by atoms with Crippen LogP contribution in [0.4, 0.5) is 0 Å². The van der Waals surface area contributed by atoms with Crippen LogP contribution in [0.15, 0.2) is 34.1 Å². The molecule has 1 N–H and O–H groups in total. The van der Waals surface area contributed by atoms with E-state index in [9.17, 15) is 8.42 Å². The van der Waals surface area contributed by atoms with E-state index < -0.39 is 10.1 Å². The summed E-state index contributed by atoms with van der Waals surface area (Å²) in [6, 6.07) is 5.63. The van der Waals surface area contributed by atoms with Crippen molar-refractivity contribution in [2.75, 3.05) is 12.5 Å². The van der Waals surface area contributed by atoms with Crippen LogP contribution in [0.5, 0.6) is 0 Å². The predicted molar refractivity (Wildman–Crippen MR) is 61.0 cm³/mol. The predicted octanol–water partition coefficient (Wildman–Crippen LogP) is 2.06. The summed E-state index contributed by atoms with van der Waals surface area (Å²) in [5.41, 5.74) is 0. The third kappa shape index (κ3) is 4.80. The van der Waals surface area contributed by atoms with Gasteiger partial charge in [-0.15, -0.1) is 15.9 Å². The number of benzene rings is 1. The van der Waals surface area contributed by atoms with E-state index in [2.05, 4.69) is 13.6 Å². The SMILES string of the molecule is O=S(=O)(OCCCl)c1ccc(SOOO)cc1. The summed E-state index contributed by atoms with van der Waals surface area (Å²) in [6.07, 6.45) is 0. The summed E-state index contributed by atoms with van der Waals surface area (Å²) in [4.78, 5) is 0.562. The summed E-state index contributed by atoms with van der Waals surface area (Å²) in [5, 5.41) is 11.3. The fourth-order valence-corrected chi connectivity index (χ4v) is 2.36. The molecule has 0 radical (unpaired) electrons. The Hall–Kier alpha value is -0.350.